The van der Waals surface area contributed by atoms with E-state index in [-0.39, 0.29) is 24.2 Å². The van der Waals surface area contributed by atoms with Gasteiger partial charge in [-0.3, -0.25) is 9.59 Å². The molecule has 1 unspecified atom stereocenters. The first kappa shape index (κ1) is 18.3. The quantitative estimate of drug-likeness (QED) is 0.845. The Morgan fingerprint density at radius 2 is 2.00 bits per heavy atom. The fraction of sp³-hybridized carbons (Fsp3) is 0.300. The van der Waals surface area contributed by atoms with Crippen LogP contribution in [-0.4, -0.2) is 25.4 Å². The number of rotatable bonds is 5. The van der Waals surface area contributed by atoms with Crippen LogP contribution in [0, 0.1) is 6.92 Å². The van der Waals surface area contributed by atoms with E-state index in [1.54, 1.807) is 24.3 Å². The number of ketones is 1. The van der Waals surface area contributed by atoms with Gasteiger partial charge in [0.25, 0.3) is 5.91 Å². The summed E-state index contributed by atoms with van der Waals surface area (Å²) in [6.45, 7) is 3.82. The van der Waals surface area contributed by atoms with E-state index in [2.05, 4.69) is 5.32 Å². The SMILES string of the molecule is COc1ccc(NC(=O)COc2ccc(C)c3c2C(=O)CC3C)cc1Cl. The van der Waals surface area contributed by atoms with Crippen molar-refractivity contribution in [1.29, 1.82) is 0 Å². The van der Waals surface area contributed by atoms with Crippen LogP contribution in [0.15, 0.2) is 30.3 Å². The van der Waals surface area contributed by atoms with Crippen molar-refractivity contribution < 1.29 is 19.1 Å². The van der Waals surface area contributed by atoms with Crippen molar-refractivity contribution in [2.45, 2.75) is 26.2 Å². The third-order valence-electron chi connectivity index (χ3n) is 4.48. The van der Waals surface area contributed by atoms with Gasteiger partial charge >= 0.3 is 0 Å². The average Bonchev–Trinajstić information content (AvgIpc) is 2.90. The van der Waals surface area contributed by atoms with Gasteiger partial charge in [-0.1, -0.05) is 24.6 Å². The van der Waals surface area contributed by atoms with Crippen LogP contribution in [-0.2, 0) is 4.79 Å². The summed E-state index contributed by atoms with van der Waals surface area (Å²) < 4.78 is 10.7. The largest absolute Gasteiger partial charge is 0.495 e. The molecule has 2 aromatic carbocycles. The first-order valence-electron chi connectivity index (χ1n) is 8.33. The molecule has 2 aromatic rings. The maximum absolute atomic E-state index is 12.3. The summed E-state index contributed by atoms with van der Waals surface area (Å²) in [5.74, 6) is 0.899. The molecule has 1 aliphatic rings. The zero-order valence-corrected chi connectivity index (χ0v) is 15.6. The molecule has 0 fully saturated rings. The molecule has 0 saturated carbocycles. The lowest BCUT2D eigenvalue weighted by Gasteiger charge is -2.13. The molecular formula is C20H20ClNO4. The van der Waals surface area contributed by atoms with E-state index >= 15 is 0 Å². The van der Waals surface area contributed by atoms with Gasteiger partial charge in [-0.2, -0.15) is 0 Å². The van der Waals surface area contributed by atoms with Crippen molar-refractivity contribution in [2.75, 3.05) is 19.0 Å². The Kier molecular flexibility index (Phi) is 5.18. The molecule has 0 saturated heterocycles. The third kappa shape index (κ3) is 3.53. The predicted octanol–water partition coefficient (Wildman–Crippen LogP) is 4.36. The molecule has 0 heterocycles. The first-order valence-corrected chi connectivity index (χ1v) is 8.71. The zero-order chi connectivity index (χ0) is 18.8. The molecule has 26 heavy (non-hydrogen) atoms. The van der Waals surface area contributed by atoms with Crippen LogP contribution in [0.3, 0.4) is 0 Å². The highest BCUT2D eigenvalue weighted by molar-refractivity contribution is 6.32. The molecule has 5 nitrogen and oxygen atoms in total. The Labute approximate surface area is 157 Å². The van der Waals surface area contributed by atoms with Gasteiger partial charge in [-0.25, -0.2) is 0 Å². The van der Waals surface area contributed by atoms with Gasteiger partial charge in [0, 0.05) is 12.1 Å². The van der Waals surface area contributed by atoms with Gasteiger partial charge < -0.3 is 14.8 Å². The van der Waals surface area contributed by atoms with Crippen LogP contribution in [0.1, 0.15) is 40.7 Å². The van der Waals surface area contributed by atoms with Crippen molar-refractivity contribution in [3.8, 4) is 11.5 Å². The molecule has 0 aliphatic heterocycles. The Morgan fingerprint density at radius 1 is 1.27 bits per heavy atom. The lowest BCUT2D eigenvalue weighted by atomic mass is 9.97. The number of Topliss-reactive ketones (excluding diaryl/α,β-unsaturated/α-hetero) is 1. The standard InChI is InChI=1S/C20H20ClNO4/c1-11-4-6-17(20-15(23)8-12(2)19(11)20)26-10-18(24)22-13-5-7-16(25-3)14(21)9-13/h4-7,9,12H,8,10H2,1-3H3,(H,22,24). The number of carbonyl (C=O) groups is 2. The van der Waals surface area contributed by atoms with E-state index in [1.165, 1.54) is 7.11 Å². The molecule has 1 atom stereocenters. The Morgan fingerprint density at radius 3 is 2.69 bits per heavy atom. The highest BCUT2D eigenvalue weighted by atomic mass is 35.5. The second-order valence-electron chi connectivity index (χ2n) is 6.38. The van der Waals surface area contributed by atoms with Crippen LogP contribution < -0.4 is 14.8 Å². The smallest absolute Gasteiger partial charge is 0.262 e. The summed E-state index contributed by atoms with van der Waals surface area (Å²) in [5.41, 5.74) is 3.25. The van der Waals surface area contributed by atoms with Gasteiger partial charge in [-0.05, 0) is 48.2 Å². The number of methoxy groups -OCH3 is 1. The Hall–Kier alpha value is -2.53. The molecule has 1 N–H and O–H groups in total. The van der Waals surface area contributed by atoms with Crippen molar-refractivity contribution in [3.63, 3.8) is 0 Å². The zero-order valence-electron chi connectivity index (χ0n) is 14.9. The minimum absolute atomic E-state index is 0.0635. The van der Waals surface area contributed by atoms with Crippen LogP contribution in [0.4, 0.5) is 5.69 Å². The highest BCUT2D eigenvalue weighted by Crippen LogP contribution is 2.40. The van der Waals surface area contributed by atoms with E-state index in [9.17, 15) is 9.59 Å². The number of carbonyl (C=O) groups excluding carboxylic acids is 2. The van der Waals surface area contributed by atoms with Gasteiger partial charge in [-0.15, -0.1) is 0 Å². The lowest BCUT2D eigenvalue weighted by molar-refractivity contribution is -0.118. The highest BCUT2D eigenvalue weighted by Gasteiger charge is 2.31. The summed E-state index contributed by atoms with van der Waals surface area (Å²) in [6, 6.07) is 8.64. The number of ether oxygens (including phenoxy) is 2. The molecule has 0 bridgehead atoms. The number of halogens is 1. The fourth-order valence-electron chi connectivity index (χ4n) is 3.31. The van der Waals surface area contributed by atoms with Crippen LogP contribution in [0.25, 0.3) is 0 Å². The van der Waals surface area contributed by atoms with Gasteiger partial charge in [0.1, 0.15) is 11.5 Å². The van der Waals surface area contributed by atoms with Crippen LogP contribution in [0.5, 0.6) is 11.5 Å². The Balaban J connectivity index is 1.69. The summed E-state index contributed by atoms with van der Waals surface area (Å²) in [5, 5.41) is 3.12. The second kappa shape index (κ2) is 7.38. The van der Waals surface area contributed by atoms with Crippen molar-refractivity contribution >= 4 is 29.0 Å². The maximum Gasteiger partial charge on any atom is 0.262 e. The number of hydrogen-bond donors (Lipinski definition) is 1. The number of fused-ring (bicyclic) bond motifs is 1. The normalized spacial score (nSPS) is 15.5. The van der Waals surface area contributed by atoms with E-state index in [0.717, 1.165) is 11.1 Å². The molecule has 0 aromatic heterocycles. The van der Waals surface area contributed by atoms with Crippen LogP contribution in [0.2, 0.25) is 5.02 Å². The van der Waals surface area contributed by atoms with Crippen molar-refractivity contribution in [3.05, 3.63) is 52.0 Å². The minimum Gasteiger partial charge on any atom is -0.495 e. The van der Waals surface area contributed by atoms with Gasteiger partial charge in [0.05, 0.1) is 17.7 Å². The third-order valence-corrected chi connectivity index (χ3v) is 4.78. The molecule has 3 rings (SSSR count). The lowest BCUT2D eigenvalue weighted by Crippen LogP contribution is -2.20. The monoisotopic (exact) mass is 373 g/mol. The maximum atomic E-state index is 12.3. The van der Waals surface area contributed by atoms with E-state index < -0.39 is 0 Å². The predicted molar refractivity (Wildman–Crippen MR) is 101 cm³/mol. The number of hydrogen-bond acceptors (Lipinski definition) is 4. The first-order chi connectivity index (χ1) is 12.4. The average molecular weight is 374 g/mol. The summed E-state index contributed by atoms with van der Waals surface area (Å²) in [7, 11) is 1.52. The fourth-order valence-corrected chi connectivity index (χ4v) is 3.57. The molecular weight excluding hydrogens is 354 g/mol. The molecule has 6 heteroatoms. The molecule has 0 spiro atoms. The van der Waals surface area contributed by atoms with E-state index in [0.29, 0.717) is 34.2 Å². The number of amides is 1. The second-order valence-corrected chi connectivity index (χ2v) is 6.79. The number of anilines is 1. The van der Waals surface area contributed by atoms with Gasteiger partial charge in [0.2, 0.25) is 0 Å². The van der Waals surface area contributed by atoms with E-state index in [1.807, 2.05) is 19.9 Å². The topological polar surface area (TPSA) is 64.6 Å². The Bertz CT molecular complexity index is 878. The minimum atomic E-state index is -0.334. The molecule has 0 radical (unpaired) electrons. The number of aryl methyl sites for hydroxylation is 1. The summed E-state index contributed by atoms with van der Waals surface area (Å²) in [6.07, 6.45) is 0.479. The van der Waals surface area contributed by atoms with Gasteiger partial charge in [0.15, 0.2) is 12.4 Å². The summed E-state index contributed by atoms with van der Waals surface area (Å²) >= 11 is 6.05. The van der Waals surface area contributed by atoms with Crippen molar-refractivity contribution in [2.24, 2.45) is 0 Å². The van der Waals surface area contributed by atoms with E-state index in [4.69, 9.17) is 21.1 Å². The molecule has 136 valence electrons. The number of nitrogens with one attached hydrogen (secondary N) is 1. The number of benzene rings is 2. The molecule has 1 aliphatic carbocycles. The molecule has 1 amide bonds. The van der Waals surface area contributed by atoms with Crippen LogP contribution >= 0.6 is 11.6 Å². The van der Waals surface area contributed by atoms with Crippen molar-refractivity contribution in [1.82, 2.24) is 0 Å². The summed E-state index contributed by atoms with van der Waals surface area (Å²) in [4.78, 5) is 24.4.